The van der Waals surface area contributed by atoms with Crippen LogP contribution in [0.4, 0.5) is 11.4 Å². The highest BCUT2D eigenvalue weighted by Crippen LogP contribution is 2.25. The van der Waals surface area contributed by atoms with Crippen molar-refractivity contribution in [3.05, 3.63) is 69.8 Å². The van der Waals surface area contributed by atoms with Crippen LogP contribution in [0.1, 0.15) is 15.9 Å². The molecule has 0 spiro atoms. The van der Waals surface area contributed by atoms with Gasteiger partial charge < -0.3 is 9.64 Å². The Kier molecular flexibility index (Phi) is 5.55. The third-order valence-corrected chi connectivity index (χ3v) is 3.98. The molecule has 1 amide bonds. The van der Waals surface area contributed by atoms with E-state index in [-0.39, 0.29) is 11.6 Å². The van der Waals surface area contributed by atoms with Gasteiger partial charge in [0.1, 0.15) is 0 Å². The lowest BCUT2D eigenvalue weighted by molar-refractivity contribution is -0.384. The zero-order chi connectivity index (χ0) is 18.4. The van der Waals surface area contributed by atoms with Crippen molar-refractivity contribution in [1.82, 2.24) is 5.43 Å². The van der Waals surface area contributed by atoms with Gasteiger partial charge in [0.2, 0.25) is 0 Å². The summed E-state index contributed by atoms with van der Waals surface area (Å²) >= 11 is 0. The summed E-state index contributed by atoms with van der Waals surface area (Å²) in [5.41, 5.74) is 4.28. The first-order chi connectivity index (χ1) is 12.6. The van der Waals surface area contributed by atoms with Gasteiger partial charge in [0.25, 0.3) is 11.6 Å². The lowest BCUT2D eigenvalue weighted by atomic mass is 10.1. The first-order valence-electron chi connectivity index (χ1n) is 8.15. The number of hydrogen-bond acceptors (Lipinski definition) is 6. The summed E-state index contributed by atoms with van der Waals surface area (Å²) in [6, 6.07) is 13.3. The molecule has 2 aromatic carbocycles. The second-order valence-corrected chi connectivity index (χ2v) is 5.66. The Morgan fingerprint density at radius 3 is 2.62 bits per heavy atom. The van der Waals surface area contributed by atoms with Crippen LogP contribution in [0.2, 0.25) is 0 Å². The van der Waals surface area contributed by atoms with Crippen molar-refractivity contribution < 1.29 is 14.5 Å². The summed E-state index contributed by atoms with van der Waals surface area (Å²) in [4.78, 5) is 24.7. The monoisotopic (exact) mass is 354 g/mol. The molecule has 1 heterocycles. The van der Waals surface area contributed by atoms with Crippen LogP contribution in [0.25, 0.3) is 0 Å². The molecule has 1 aliphatic heterocycles. The summed E-state index contributed by atoms with van der Waals surface area (Å²) < 4.78 is 5.34. The second-order valence-electron chi connectivity index (χ2n) is 5.66. The molecule has 1 N–H and O–H groups in total. The van der Waals surface area contributed by atoms with Gasteiger partial charge in [0.15, 0.2) is 0 Å². The second kappa shape index (κ2) is 8.21. The molecule has 8 heteroatoms. The molecule has 3 rings (SSSR count). The Labute approximate surface area is 150 Å². The molecular formula is C18H18N4O4. The van der Waals surface area contributed by atoms with Gasteiger partial charge in [-0.2, -0.15) is 5.10 Å². The number of nitro groups is 1. The Hall–Kier alpha value is -3.26. The molecule has 0 aromatic heterocycles. The number of nitrogens with one attached hydrogen (secondary N) is 1. The molecule has 0 radical (unpaired) electrons. The maximum Gasteiger partial charge on any atom is 0.271 e. The maximum absolute atomic E-state index is 12.0. The largest absolute Gasteiger partial charge is 0.378 e. The molecule has 1 fully saturated rings. The van der Waals surface area contributed by atoms with E-state index in [0.717, 1.165) is 5.69 Å². The highest BCUT2D eigenvalue weighted by molar-refractivity contribution is 5.95. The van der Waals surface area contributed by atoms with E-state index in [1.165, 1.54) is 18.3 Å². The average Bonchev–Trinajstić information content (AvgIpc) is 2.69. The number of nitrogens with zero attached hydrogens (tertiary/aromatic N) is 3. The zero-order valence-corrected chi connectivity index (χ0v) is 14.0. The first-order valence-corrected chi connectivity index (χ1v) is 8.15. The van der Waals surface area contributed by atoms with E-state index < -0.39 is 4.92 Å². The van der Waals surface area contributed by atoms with Crippen molar-refractivity contribution >= 4 is 23.5 Å². The topological polar surface area (TPSA) is 97.1 Å². The minimum Gasteiger partial charge on any atom is -0.378 e. The molecule has 0 bridgehead atoms. The van der Waals surface area contributed by atoms with E-state index in [1.54, 1.807) is 30.3 Å². The van der Waals surface area contributed by atoms with Crippen LogP contribution in [-0.4, -0.2) is 43.3 Å². The predicted octanol–water partition coefficient (Wildman–Crippen LogP) is 2.20. The Bertz CT molecular complexity index is 817. The Morgan fingerprint density at radius 1 is 1.19 bits per heavy atom. The summed E-state index contributed by atoms with van der Waals surface area (Å²) in [5, 5.41) is 15.0. The fraction of sp³-hybridized carbons (Fsp3) is 0.222. The number of rotatable bonds is 5. The third-order valence-electron chi connectivity index (χ3n) is 3.98. The fourth-order valence-corrected chi connectivity index (χ4v) is 2.67. The Balaban J connectivity index is 1.80. The van der Waals surface area contributed by atoms with E-state index in [4.69, 9.17) is 4.74 Å². The third kappa shape index (κ3) is 4.22. The van der Waals surface area contributed by atoms with Gasteiger partial charge in [-0.25, -0.2) is 5.43 Å². The highest BCUT2D eigenvalue weighted by atomic mass is 16.6. The molecule has 0 unspecified atom stereocenters. The normalized spacial score (nSPS) is 14.4. The molecule has 26 heavy (non-hydrogen) atoms. The van der Waals surface area contributed by atoms with Gasteiger partial charge in [0.05, 0.1) is 24.4 Å². The quantitative estimate of drug-likeness (QED) is 0.504. The van der Waals surface area contributed by atoms with Crippen LogP contribution in [0, 0.1) is 10.1 Å². The number of carbonyl (C=O) groups is 1. The van der Waals surface area contributed by atoms with Gasteiger partial charge in [-0.3, -0.25) is 14.9 Å². The SMILES string of the molecule is O=C(N/N=C\c1cc([N+](=O)[O-])ccc1N1CCOCC1)c1ccccc1. The van der Waals surface area contributed by atoms with Crippen LogP contribution in [0.15, 0.2) is 53.6 Å². The smallest absolute Gasteiger partial charge is 0.271 e. The summed E-state index contributed by atoms with van der Waals surface area (Å²) in [5.74, 6) is -0.347. The number of benzene rings is 2. The first kappa shape index (κ1) is 17.6. The number of anilines is 1. The van der Waals surface area contributed by atoms with Gasteiger partial charge >= 0.3 is 0 Å². The minimum atomic E-state index is -0.455. The average molecular weight is 354 g/mol. The molecule has 1 aliphatic rings. The number of non-ortho nitro benzene ring substituents is 1. The zero-order valence-electron chi connectivity index (χ0n) is 14.0. The molecule has 0 atom stereocenters. The summed E-state index contributed by atoms with van der Waals surface area (Å²) in [7, 11) is 0. The van der Waals surface area contributed by atoms with Crippen molar-refractivity contribution in [2.75, 3.05) is 31.2 Å². The molecule has 134 valence electrons. The van der Waals surface area contributed by atoms with E-state index >= 15 is 0 Å². The molecule has 8 nitrogen and oxygen atoms in total. The van der Waals surface area contributed by atoms with Gasteiger partial charge in [-0.05, 0) is 18.2 Å². The van der Waals surface area contributed by atoms with Crippen LogP contribution in [0.3, 0.4) is 0 Å². The van der Waals surface area contributed by atoms with Crippen molar-refractivity contribution in [3.8, 4) is 0 Å². The van der Waals surface area contributed by atoms with E-state index in [0.29, 0.717) is 37.4 Å². The number of hydrazone groups is 1. The predicted molar refractivity (Wildman–Crippen MR) is 97.6 cm³/mol. The van der Waals surface area contributed by atoms with Crippen LogP contribution >= 0.6 is 0 Å². The molecule has 1 saturated heterocycles. The van der Waals surface area contributed by atoms with E-state index in [9.17, 15) is 14.9 Å². The van der Waals surface area contributed by atoms with Crippen molar-refractivity contribution in [2.24, 2.45) is 5.10 Å². The van der Waals surface area contributed by atoms with Gasteiger partial charge in [-0.15, -0.1) is 0 Å². The molecule has 0 aliphatic carbocycles. The van der Waals surface area contributed by atoms with Crippen molar-refractivity contribution in [3.63, 3.8) is 0 Å². The lowest BCUT2D eigenvalue weighted by Gasteiger charge is -2.29. The van der Waals surface area contributed by atoms with Crippen molar-refractivity contribution in [1.29, 1.82) is 0 Å². The number of amides is 1. The van der Waals surface area contributed by atoms with E-state index in [2.05, 4.69) is 15.4 Å². The maximum atomic E-state index is 12.0. The number of ether oxygens (including phenoxy) is 1. The van der Waals surface area contributed by atoms with Crippen LogP contribution < -0.4 is 10.3 Å². The number of morpholine rings is 1. The molecule has 0 saturated carbocycles. The highest BCUT2D eigenvalue weighted by Gasteiger charge is 2.17. The Morgan fingerprint density at radius 2 is 1.92 bits per heavy atom. The van der Waals surface area contributed by atoms with Crippen LogP contribution in [0.5, 0.6) is 0 Å². The van der Waals surface area contributed by atoms with Gasteiger partial charge in [-0.1, -0.05) is 18.2 Å². The van der Waals surface area contributed by atoms with Gasteiger partial charge in [0, 0.05) is 42.0 Å². The molecular weight excluding hydrogens is 336 g/mol. The summed E-state index contributed by atoms with van der Waals surface area (Å²) in [6.07, 6.45) is 1.43. The minimum absolute atomic E-state index is 0.0298. The van der Waals surface area contributed by atoms with Crippen molar-refractivity contribution in [2.45, 2.75) is 0 Å². The lowest BCUT2D eigenvalue weighted by Crippen LogP contribution is -2.36. The summed E-state index contributed by atoms with van der Waals surface area (Å²) in [6.45, 7) is 2.57. The van der Waals surface area contributed by atoms with Crippen LogP contribution in [-0.2, 0) is 4.74 Å². The number of carbonyl (C=O) groups excluding carboxylic acids is 1. The van der Waals surface area contributed by atoms with E-state index in [1.807, 2.05) is 6.07 Å². The molecule has 2 aromatic rings. The fourth-order valence-electron chi connectivity index (χ4n) is 2.67. The number of hydrogen-bond donors (Lipinski definition) is 1. The number of nitro benzene ring substituents is 1. The standard InChI is InChI=1S/C18H18N4O4/c23-18(14-4-2-1-3-5-14)20-19-13-15-12-16(22(24)25)6-7-17(15)21-8-10-26-11-9-21/h1-7,12-13H,8-11H2,(H,20,23)/b19-13-.